The lowest BCUT2D eigenvalue weighted by molar-refractivity contribution is -0.475. The molecule has 2 aliphatic heterocycles. The Morgan fingerprint density at radius 2 is 2.47 bits per heavy atom. The summed E-state index contributed by atoms with van der Waals surface area (Å²) in [6.45, 7) is 6.41. The Hall–Kier alpha value is -1.35. The van der Waals surface area contributed by atoms with Crippen molar-refractivity contribution in [2.45, 2.75) is 12.5 Å². The molecule has 0 saturated carbocycles. The van der Waals surface area contributed by atoms with Gasteiger partial charge >= 0.3 is 0 Å². The zero-order valence-corrected chi connectivity index (χ0v) is 8.61. The van der Waals surface area contributed by atoms with Gasteiger partial charge in [0.2, 0.25) is 0 Å². The summed E-state index contributed by atoms with van der Waals surface area (Å²) in [7, 11) is 0. The fourth-order valence-corrected chi connectivity index (χ4v) is 2.04. The van der Waals surface area contributed by atoms with Gasteiger partial charge in [0.25, 0.3) is 0 Å². The van der Waals surface area contributed by atoms with Crippen LogP contribution in [-0.2, 0) is 9.47 Å². The monoisotopic (exact) mass is 204 g/mol. The number of allylic oxidation sites excluding steroid dienone is 1. The normalized spacial score (nSPS) is 25.1. The quantitative estimate of drug-likeness (QED) is 0.496. The minimum atomic E-state index is 0.246. The molecule has 80 valence electrons. The van der Waals surface area contributed by atoms with Crippen LogP contribution in [-0.4, -0.2) is 37.2 Å². The largest absolute Gasteiger partial charge is 0.553 e. The summed E-state index contributed by atoms with van der Waals surface area (Å²) in [5.41, 5.74) is 1.29. The molecule has 0 spiro atoms. The Balaban J connectivity index is 1.80. The second-order valence-corrected chi connectivity index (χ2v) is 4.04. The Bertz CT molecular complexity index is 353. The van der Waals surface area contributed by atoms with E-state index in [1.165, 1.54) is 11.6 Å². The van der Waals surface area contributed by atoms with Crippen LogP contribution in [0.1, 0.15) is 6.42 Å². The molecule has 0 unspecified atom stereocenters. The lowest BCUT2D eigenvalue weighted by Crippen LogP contribution is -2.36. The van der Waals surface area contributed by atoms with Gasteiger partial charge in [-0.25, -0.2) is 12.5 Å². The van der Waals surface area contributed by atoms with Gasteiger partial charge in [0.05, 0.1) is 19.9 Å². The van der Waals surface area contributed by atoms with E-state index in [0.29, 0.717) is 0 Å². The highest BCUT2D eigenvalue weighted by Gasteiger charge is 2.24. The minimum absolute atomic E-state index is 0.246. The highest BCUT2D eigenvalue weighted by molar-refractivity contribution is 5.44. The molecular weight excluding hydrogens is 190 g/mol. The van der Waals surface area contributed by atoms with Gasteiger partial charge in [-0.3, -0.25) is 0 Å². The van der Waals surface area contributed by atoms with Crippen LogP contribution >= 0.6 is 0 Å². The first kappa shape index (κ1) is 8.92. The van der Waals surface area contributed by atoms with E-state index >= 15 is 0 Å². The number of nitrogens with zero attached hydrogens (tertiary/aromatic N) is 1. The number of hydrogen-bond donors (Lipinski definition) is 0. The Kier molecular flexibility index (Phi) is 1.99. The first-order valence-electron chi connectivity index (χ1n) is 5.29. The molecular formula is C12H14NO2-. The van der Waals surface area contributed by atoms with E-state index < -0.39 is 0 Å². The van der Waals surface area contributed by atoms with Crippen molar-refractivity contribution >= 4 is 6.72 Å². The highest BCUT2D eigenvalue weighted by Crippen LogP contribution is 2.35. The molecule has 0 atom stereocenters. The van der Waals surface area contributed by atoms with Crippen LogP contribution in [0.5, 0.6) is 0 Å². The van der Waals surface area contributed by atoms with E-state index in [0.717, 1.165) is 31.9 Å². The average molecular weight is 204 g/mol. The van der Waals surface area contributed by atoms with Gasteiger partial charge in [-0.05, 0) is 6.42 Å². The number of ether oxygens (including phenoxy) is 2. The van der Waals surface area contributed by atoms with Crippen LogP contribution < -0.4 is 0 Å². The molecule has 3 nitrogen and oxygen atoms in total. The summed E-state index contributed by atoms with van der Waals surface area (Å²) in [4.78, 5) is 0. The van der Waals surface area contributed by atoms with Gasteiger partial charge in [-0.2, -0.15) is 6.08 Å². The predicted octanol–water partition coefficient (Wildman–Crippen LogP) is 1.08. The molecule has 1 aliphatic carbocycles. The first-order chi connectivity index (χ1) is 7.34. The predicted molar refractivity (Wildman–Crippen MR) is 56.3 cm³/mol. The fraction of sp³-hybridized carbons (Fsp3) is 0.417. The van der Waals surface area contributed by atoms with Crippen molar-refractivity contribution in [1.29, 1.82) is 0 Å². The molecule has 3 aliphatic rings. The molecule has 0 aromatic carbocycles. The van der Waals surface area contributed by atoms with Crippen molar-refractivity contribution in [3.05, 3.63) is 35.9 Å². The molecule has 3 heteroatoms. The first-order valence-corrected chi connectivity index (χ1v) is 5.29. The number of fused-ring (bicyclic) bond motifs is 1. The van der Waals surface area contributed by atoms with Crippen molar-refractivity contribution in [2.75, 3.05) is 19.8 Å². The van der Waals surface area contributed by atoms with Crippen molar-refractivity contribution in [2.24, 2.45) is 0 Å². The van der Waals surface area contributed by atoms with Gasteiger partial charge in [0, 0.05) is 6.04 Å². The fourth-order valence-electron chi connectivity index (χ4n) is 2.04. The molecule has 2 fully saturated rings. The maximum atomic E-state index is 5.86. The molecule has 0 aromatic rings. The summed E-state index contributed by atoms with van der Waals surface area (Å²) in [5, 5.41) is 0. The summed E-state index contributed by atoms with van der Waals surface area (Å²) in [5.74, 6) is 1.01. The van der Waals surface area contributed by atoms with Crippen LogP contribution in [0.3, 0.4) is 0 Å². The zero-order valence-electron chi connectivity index (χ0n) is 8.61. The number of rotatable bonds is 2. The molecule has 2 saturated heterocycles. The Morgan fingerprint density at radius 3 is 3.20 bits per heavy atom. The molecule has 15 heavy (non-hydrogen) atoms. The van der Waals surface area contributed by atoms with Crippen LogP contribution in [0.4, 0.5) is 0 Å². The molecule has 0 radical (unpaired) electrons. The molecule has 0 aromatic heterocycles. The van der Waals surface area contributed by atoms with Crippen LogP contribution in [0.25, 0.3) is 0 Å². The van der Waals surface area contributed by atoms with E-state index in [9.17, 15) is 0 Å². The van der Waals surface area contributed by atoms with Crippen molar-refractivity contribution in [3.8, 4) is 0 Å². The number of hydrogen-bond acceptors (Lipinski definition) is 2. The van der Waals surface area contributed by atoms with Crippen LogP contribution in [0, 0.1) is 12.5 Å². The van der Waals surface area contributed by atoms with Crippen LogP contribution in [0.15, 0.2) is 23.5 Å². The van der Waals surface area contributed by atoms with Gasteiger partial charge in [0.15, 0.2) is 0 Å². The molecule has 0 amide bonds. The Morgan fingerprint density at radius 1 is 1.60 bits per heavy atom. The molecule has 0 bridgehead atoms. The highest BCUT2D eigenvalue weighted by atomic mass is 16.6. The summed E-state index contributed by atoms with van der Waals surface area (Å²) in [6.07, 6.45) is 7.44. The van der Waals surface area contributed by atoms with E-state index in [4.69, 9.17) is 9.47 Å². The minimum Gasteiger partial charge on any atom is -0.553 e. The van der Waals surface area contributed by atoms with E-state index in [-0.39, 0.29) is 6.10 Å². The third kappa shape index (κ3) is 1.43. The third-order valence-corrected chi connectivity index (χ3v) is 2.98. The standard InChI is InChI=1S/C12H14NO2/c1-13-6-5-10-11(13)3-2-4-12(10)15-9-7-14-8-9/h2-4,9H,1,5-8H2/q-1. The van der Waals surface area contributed by atoms with Gasteiger partial charge in [-0.15, -0.1) is 5.57 Å². The van der Waals surface area contributed by atoms with Crippen LogP contribution in [0.2, 0.25) is 0 Å². The lowest BCUT2D eigenvalue weighted by Gasteiger charge is -2.37. The molecule has 2 heterocycles. The molecule has 3 rings (SSSR count). The summed E-state index contributed by atoms with van der Waals surface area (Å²) in [6, 6.07) is 1.20. The topological polar surface area (TPSA) is 21.5 Å². The second-order valence-electron chi connectivity index (χ2n) is 4.04. The smallest absolute Gasteiger partial charge is 0.129 e. The SMILES string of the molecule is C=[N+]1CCC2=C(OC3COC3)[CH-]C=C[C-]21. The zero-order chi connectivity index (χ0) is 10.3. The van der Waals surface area contributed by atoms with Gasteiger partial charge in [-0.1, -0.05) is 5.76 Å². The lowest BCUT2D eigenvalue weighted by atomic mass is 9.99. The van der Waals surface area contributed by atoms with E-state index in [2.05, 4.69) is 12.8 Å². The third-order valence-electron chi connectivity index (χ3n) is 2.98. The molecule has 0 N–H and O–H groups in total. The Labute approximate surface area is 89.7 Å². The maximum Gasteiger partial charge on any atom is 0.129 e. The van der Waals surface area contributed by atoms with Crippen molar-refractivity contribution < 1.29 is 14.0 Å². The van der Waals surface area contributed by atoms with Crippen molar-refractivity contribution in [1.82, 2.24) is 0 Å². The van der Waals surface area contributed by atoms with E-state index in [1.54, 1.807) is 0 Å². The summed E-state index contributed by atoms with van der Waals surface area (Å²) < 4.78 is 13.0. The summed E-state index contributed by atoms with van der Waals surface area (Å²) >= 11 is 0. The van der Waals surface area contributed by atoms with E-state index in [1.807, 2.05) is 17.1 Å². The maximum absolute atomic E-state index is 5.86. The van der Waals surface area contributed by atoms with Crippen molar-refractivity contribution in [3.63, 3.8) is 0 Å². The second kappa shape index (κ2) is 3.35. The van der Waals surface area contributed by atoms with Gasteiger partial charge < -0.3 is 14.0 Å². The average Bonchev–Trinajstić information content (AvgIpc) is 2.55. The van der Waals surface area contributed by atoms with Gasteiger partial charge in [0.1, 0.15) is 12.6 Å².